The zero-order valence-corrected chi connectivity index (χ0v) is 11.4. The van der Waals surface area contributed by atoms with Crippen LogP contribution in [-0.2, 0) is 6.54 Å². The van der Waals surface area contributed by atoms with E-state index in [1.54, 1.807) is 10.9 Å². The highest BCUT2D eigenvalue weighted by atomic mass is 79.9. The Morgan fingerprint density at radius 2 is 2.33 bits per heavy atom. The van der Waals surface area contributed by atoms with E-state index in [9.17, 15) is 9.50 Å². The van der Waals surface area contributed by atoms with Gasteiger partial charge in [0.2, 0.25) is 0 Å². The number of aromatic nitrogens is 3. The first-order chi connectivity index (χ1) is 8.65. The molecule has 4 nitrogen and oxygen atoms in total. The number of pyridine rings is 1. The summed E-state index contributed by atoms with van der Waals surface area (Å²) in [5.41, 5.74) is 0.533. The predicted molar refractivity (Wildman–Crippen MR) is 68.5 cm³/mol. The van der Waals surface area contributed by atoms with Gasteiger partial charge in [-0.2, -0.15) is 5.10 Å². The van der Waals surface area contributed by atoms with Gasteiger partial charge in [-0.25, -0.2) is 4.39 Å². The quantitative estimate of drug-likeness (QED) is 0.944. The van der Waals surface area contributed by atoms with Crippen molar-refractivity contribution in [2.75, 3.05) is 0 Å². The standard InChI is InChI=1S/C12H13BrFN3O/c1-2-6-17-11(8(13)7-16-17)12(18)10-9(14)4-3-5-15-10/h3-5,7,12,18H,2,6H2,1H3. The fourth-order valence-electron chi connectivity index (χ4n) is 1.76. The Morgan fingerprint density at radius 1 is 1.56 bits per heavy atom. The van der Waals surface area contributed by atoms with Gasteiger partial charge in [0.1, 0.15) is 17.6 Å². The molecule has 0 saturated carbocycles. The topological polar surface area (TPSA) is 50.9 Å². The number of halogens is 2. The summed E-state index contributed by atoms with van der Waals surface area (Å²) in [6.07, 6.45) is 2.79. The second-order valence-electron chi connectivity index (χ2n) is 3.87. The van der Waals surface area contributed by atoms with Crippen molar-refractivity contribution in [3.63, 3.8) is 0 Å². The van der Waals surface area contributed by atoms with Crippen LogP contribution in [0.25, 0.3) is 0 Å². The lowest BCUT2D eigenvalue weighted by molar-refractivity contribution is 0.196. The lowest BCUT2D eigenvalue weighted by atomic mass is 10.1. The maximum absolute atomic E-state index is 13.6. The zero-order chi connectivity index (χ0) is 13.1. The average molecular weight is 314 g/mol. The van der Waals surface area contributed by atoms with Crippen LogP contribution in [0.1, 0.15) is 30.8 Å². The van der Waals surface area contributed by atoms with E-state index in [0.717, 1.165) is 6.42 Å². The Kier molecular flexibility index (Phi) is 4.08. The van der Waals surface area contributed by atoms with E-state index in [1.165, 1.54) is 18.3 Å². The Hall–Kier alpha value is -1.27. The fourth-order valence-corrected chi connectivity index (χ4v) is 2.28. The van der Waals surface area contributed by atoms with E-state index in [-0.39, 0.29) is 5.69 Å². The van der Waals surface area contributed by atoms with Gasteiger partial charge in [-0.05, 0) is 34.5 Å². The molecule has 2 aromatic rings. The Balaban J connectivity index is 2.42. The summed E-state index contributed by atoms with van der Waals surface area (Å²) in [6.45, 7) is 2.67. The molecule has 0 aliphatic rings. The summed E-state index contributed by atoms with van der Waals surface area (Å²) in [6, 6.07) is 2.77. The molecular formula is C12H13BrFN3O. The molecule has 1 atom stereocenters. The number of nitrogens with zero attached hydrogens (tertiary/aromatic N) is 3. The first-order valence-corrected chi connectivity index (χ1v) is 6.44. The average Bonchev–Trinajstić information content (AvgIpc) is 2.71. The molecule has 0 amide bonds. The van der Waals surface area contributed by atoms with Gasteiger partial charge in [0.25, 0.3) is 0 Å². The molecule has 0 bridgehead atoms. The molecule has 96 valence electrons. The van der Waals surface area contributed by atoms with Crippen molar-refractivity contribution >= 4 is 15.9 Å². The maximum Gasteiger partial charge on any atom is 0.147 e. The third kappa shape index (κ3) is 2.44. The van der Waals surface area contributed by atoms with Crippen LogP contribution < -0.4 is 0 Å². The van der Waals surface area contributed by atoms with Gasteiger partial charge in [-0.15, -0.1) is 0 Å². The first kappa shape index (κ1) is 13.2. The smallest absolute Gasteiger partial charge is 0.147 e. The molecule has 2 heterocycles. The molecule has 2 aromatic heterocycles. The highest BCUT2D eigenvalue weighted by Crippen LogP contribution is 2.28. The highest BCUT2D eigenvalue weighted by molar-refractivity contribution is 9.10. The van der Waals surface area contributed by atoms with Crippen LogP contribution >= 0.6 is 15.9 Å². The van der Waals surface area contributed by atoms with Crippen molar-refractivity contribution in [2.45, 2.75) is 26.0 Å². The summed E-state index contributed by atoms with van der Waals surface area (Å²) in [4.78, 5) is 3.89. The molecule has 0 radical (unpaired) electrons. The first-order valence-electron chi connectivity index (χ1n) is 5.64. The number of hydrogen-bond donors (Lipinski definition) is 1. The van der Waals surface area contributed by atoms with E-state index < -0.39 is 11.9 Å². The van der Waals surface area contributed by atoms with Crippen molar-refractivity contribution in [1.29, 1.82) is 0 Å². The third-order valence-electron chi connectivity index (χ3n) is 2.57. The largest absolute Gasteiger partial charge is 0.380 e. The zero-order valence-electron chi connectivity index (χ0n) is 9.85. The number of aliphatic hydroxyl groups is 1. The van der Waals surface area contributed by atoms with Crippen molar-refractivity contribution in [3.8, 4) is 0 Å². The summed E-state index contributed by atoms with van der Waals surface area (Å²) in [5.74, 6) is -0.527. The van der Waals surface area contributed by atoms with E-state index in [1.807, 2.05) is 6.92 Å². The molecule has 0 aromatic carbocycles. The van der Waals surface area contributed by atoms with Crippen molar-refractivity contribution in [2.24, 2.45) is 0 Å². The summed E-state index contributed by atoms with van der Waals surface area (Å²) in [7, 11) is 0. The van der Waals surface area contributed by atoms with E-state index >= 15 is 0 Å². The maximum atomic E-state index is 13.6. The second kappa shape index (κ2) is 5.58. The monoisotopic (exact) mass is 313 g/mol. The Labute approximate surface area is 113 Å². The van der Waals surface area contributed by atoms with E-state index in [0.29, 0.717) is 16.7 Å². The van der Waals surface area contributed by atoms with Crippen LogP contribution in [-0.4, -0.2) is 19.9 Å². The van der Waals surface area contributed by atoms with Gasteiger partial charge < -0.3 is 5.11 Å². The van der Waals surface area contributed by atoms with Crippen LogP contribution in [0.4, 0.5) is 4.39 Å². The van der Waals surface area contributed by atoms with Crippen LogP contribution in [0.3, 0.4) is 0 Å². The molecule has 0 spiro atoms. The van der Waals surface area contributed by atoms with Gasteiger partial charge in [0, 0.05) is 12.7 Å². The molecule has 0 saturated heterocycles. The molecule has 1 N–H and O–H groups in total. The van der Waals surface area contributed by atoms with Crippen molar-refractivity contribution in [1.82, 2.24) is 14.8 Å². The third-order valence-corrected chi connectivity index (χ3v) is 3.18. The number of rotatable bonds is 4. The minimum Gasteiger partial charge on any atom is -0.380 e. The SMILES string of the molecule is CCCn1ncc(Br)c1C(O)c1ncccc1F. The summed E-state index contributed by atoms with van der Waals surface area (Å²) < 4.78 is 15.9. The second-order valence-corrected chi connectivity index (χ2v) is 4.73. The predicted octanol–water partition coefficient (Wildman–Crippen LogP) is 2.67. The minimum absolute atomic E-state index is 0.0102. The highest BCUT2D eigenvalue weighted by Gasteiger charge is 2.23. The molecule has 0 aliphatic carbocycles. The minimum atomic E-state index is -1.13. The molecular weight excluding hydrogens is 301 g/mol. The van der Waals surface area contributed by atoms with Crippen LogP contribution in [0.15, 0.2) is 29.0 Å². The summed E-state index contributed by atoms with van der Waals surface area (Å²) in [5, 5.41) is 14.4. The molecule has 0 aliphatic heterocycles. The van der Waals surface area contributed by atoms with Gasteiger partial charge in [-0.3, -0.25) is 9.67 Å². The normalized spacial score (nSPS) is 12.7. The number of hydrogen-bond acceptors (Lipinski definition) is 3. The molecule has 0 fully saturated rings. The van der Waals surface area contributed by atoms with Gasteiger partial charge >= 0.3 is 0 Å². The van der Waals surface area contributed by atoms with E-state index in [4.69, 9.17) is 0 Å². The van der Waals surface area contributed by atoms with Crippen molar-refractivity contribution < 1.29 is 9.50 Å². The Morgan fingerprint density at radius 3 is 3.00 bits per heavy atom. The lowest BCUT2D eigenvalue weighted by Gasteiger charge is -2.13. The number of aryl methyl sites for hydroxylation is 1. The molecule has 2 rings (SSSR count). The lowest BCUT2D eigenvalue weighted by Crippen LogP contribution is -2.13. The van der Waals surface area contributed by atoms with Crippen LogP contribution in [0.2, 0.25) is 0 Å². The summed E-state index contributed by atoms with van der Waals surface area (Å²) >= 11 is 3.32. The molecule has 6 heteroatoms. The van der Waals surface area contributed by atoms with Gasteiger partial charge in [0.15, 0.2) is 0 Å². The number of aliphatic hydroxyl groups excluding tert-OH is 1. The van der Waals surface area contributed by atoms with Crippen molar-refractivity contribution in [3.05, 3.63) is 46.2 Å². The van der Waals surface area contributed by atoms with Crippen LogP contribution in [0, 0.1) is 5.82 Å². The van der Waals surface area contributed by atoms with Gasteiger partial charge in [0.05, 0.1) is 16.4 Å². The molecule has 18 heavy (non-hydrogen) atoms. The Bertz CT molecular complexity index is 544. The molecule has 1 unspecified atom stereocenters. The van der Waals surface area contributed by atoms with E-state index in [2.05, 4.69) is 26.0 Å². The fraction of sp³-hybridized carbons (Fsp3) is 0.333. The van der Waals surface area contributed by atoms with Gasteiger partial charge in [-0.1, -0.05) is 6.92 Å². The van der Waals surface area contributed by atoms with Crippen LogP contribution in [0.5, 0.6) is 0 Å².